The van der Waals surface area contributed by atoms with Crippen LogP contribution in [-0.4, -0.2) is 86.0 Å². The molecular formula is C30H39N3O5. The molecule has 204 valence electrons. The van der Waals surface area contributed by atoms with Gasteiger partial charge in [-0.3, -0.25) is 14.4 Å². The van der Waals surface area contributed by atoms with E-state index in [1.807, 2.05) is 82.3 Å². The second-order valence-corrected chi connectivity index (χ2v) is 12.0. The maximum absolute atomic E-state index is 14.4. The first-order valence-electron chi connectivity index (χ1n) is 13.6. The Morgan fingerprint density at radius 3 is 2.32 bits per heavy atom. The van der Waals surface area contributed by atoms with Gasteiger partial charge < -0.3 is 24.5 Å². The van der Waals surface area contributed by atoms with Crippen molar-refractivity contribution in [3.8, 4) is 0 Å². The fourth-order valence-electron chi connectivity index (χ4n) is 6.86. The van der Waals surface area contributed by atoms with Crippen LogP contribution in [0.3, 0.4) is 0 Å². The quantitative estimate of drug-likeness (QED) is 0.602. The number of amides is 3. The SMILES string of the molecule is CC[C@]12C=CCN(Cc3ccccc3)C(=O)[C@H]1[C@H]1C(=O)N([C@H](C)CO)C3C(=O)N(C(C)(C)C)CC=C[C@@]31O2. The first kappa shape index (κ1) is 26.6. The summed E-state index contributed by atoms with van der Waals surface area (Å²) in [5.74, 6) is -2.35. The summed E-state index contributed by atoms with van der Waals surface area (Å²) in [4.78, 5) is 48.0. The molecule has 1 aromatic carbocycles. The fourth-order valence-corrected chi connectivity index (χ4v) is 6.86. The standard InChI is InChI=1S/C30H39N3O5/c1-6-29-14-10-16-31(18-21-12-8-7-9-13-21)25(35)22(29)23-26(36)33(20(2)19-34)24-27(37)32(28(3,4)5)17-11-15-30(23,24)38-29/h7-15,20,22-24,34H,6,16-19H2,1-5H3/t20-,22-,23+,24?,29+,30+/m1/s1. The van der Waals surface area contributed by atoms with Crippen LogP contribution < -0.4 is 0 Å². The van der Waals surface area contributed by atoms with Gasteiger partial charge >= 0.3 is 0 Å². The molecule has 8 nitrogen and oxygen atoms in total. The van der Waals surface area contributed by atoms with Gasteiger partial charge in [0.1, 0.15) is 11.6 Å². The predicted molar refractivity (Wildman–Crippen MR) is 143 cm³/mol. The largest absolute Gasteiger partial charge is 0.394 e. The van der Waals surface area contributed by atoms with E-state index in [9.17, 15) is 19.5 Å². The summed E-state index contributed by atoms with van der Waals surface area (Å²) in [5.41, 5.74) is -1.82. The Labute approximate surface area is 224 Å². The lowest BCUT2D eigenvalue weighted by Crippen LogP contribution is -2.60. The van der Waals surface area contributed by atoms with E-state index in [2.05, 4.69) is 0 Å². The number of likely N-dealkylation sites (tertiary alicyclic amines) is 1. The molecule has 0 radical (unpaired) electrons. The third-order valence-corrected chi connectivity index (χ3v) is 8.73. The molecule has 0 saturated carbocycles. The monoisotopic (exact) mass is 521 g/mol. The number of benzene rings is 1. The Morgan fingerprint density at radius 2 is 1.68 bits per heavy atom. The van der Waals surface area contributed by atoms with E-state index < -0.39 is 40.7 Å². The van der Waals surface area contributed by atoms with Gasteiger partial charge in [0, 0.05) is 25.2 Å². The Balaban J connectivity index is 1.64. The van der Waals surface area contributed by atoms with Crippen LogP contribution in [0.5, 0.6) is 0 Å². The zero-order valence-corrected chi connectivity index (χ0v) is 23.0. The van der Waals surface area contributed by atoms with Crippen molar-refractivity contribution in [1.82, 2.24) is 14.7 Å². The molecule has 0 aliphatic carbocycles. The molecule has 1 spiro atoms. The molecule has 1 unspecified atom stereocenters. The van der Waals surface area contributed by atoms with Gasteiger partial charge in [-0.2, -0.15) is 0 Å². The molecular weight excluding hydrogens is 482 g/mol. The molecule has 1 aromatic rings. The van der Waals surface area contributed by atoms with Gasteiger partial charge in [-0.15, -0.1) is 0 Å². The number of fused-ring (bicyclic) bond motifs is 2. The van der Waals surface area contributed by atoms with Crippen LogP contribution >= 0.6 is 0 Å². The van der Waals surface area contributed by atoms with Crippen LogP contribution in [0, 0.1) is 11.8 Å². The summed E-state index contributed by atoms with van der Waals surface area (Å²) in [6, 6.07) is 8.21. The summed E-state index contributed by atoms with van der Waals surface area (Å²) in [6.45, 7) is 10.5. The van der Waals surface area contributed by atoms with E-state index in [1.54, 1.807) is 16.7 Å². The summed E-state index contributed by atoms with van der Waals surface area (Å²) >= 11 is 0. The normalized spacial score (nSPS) is 33.7. The molecule has 4 aliphatic heterocycles. The van der Waals surface area contributed by atoms with Crippen LogP contribution in [0.2, 0.25) is 0 Å². The summed E-state index contributed by atoms with van der Waals surface area (Å²) in [5, 5.41) is 10.1. The Bertz CT molecular complexity index is 1170. The smallest absolute Gasteiger partial charge is 0.249 e. The maximum atomic E-state index is 14.4. The topological polar surface area (TPSA) is 90.4 Å². The van der Waals surface area contributed by atoms with Crippen LogP contribution in [0.15, 0.2) is 54.6 Å². The number of hydrogen-bond donors (Lipinski definition) is 1. The zero-order valence-electron chi connectivity index (χ0n) is 23.0. The van der Waals surface area contributed by atoms with Crippen LogP contribution in [0.4, 0.5) is 0 Å². The lowest BCUT2D eigenvalue weighted by molar-refractivity contribution is -0.159. The van der Waals surface area contributed by atoms with Crippen molar-refractivity contribution < 1.29 is 24.2 Å². The summed E-state index contributed by atoms with van der Waals surface area (Å²) in [6.07, 6.45) is 8.16. The van der Waals surface area contributed by atoms with Crippen molar-refractivity contribution in [3.05, 3.63) is 60.2 Å². The predicted octanol–water partition coefficient (Wildman–Crippen LogP) is 2.52. The fraction of sp³-hybridized carbons (Fsp3) is 0.567. The molecule has 5 rings (SSSR count). The van der Waals surface area contributed by atoms with E-state index in [-0.39, 0.29) is 24.3 Å². The molecule has 4 aliphatic rings. The van der Waals surface area contributed by atoms with Gasteiger partial charge in [0.15, 0.2) is 0 Å². The molecule has 3 amide bonds. The lowest BCUT2D eigenvalue weighted by atomic mass is 9.73. The summed E-state index contributed by atoms with van der Waals surface area (Å²) in [7, 11) is 0. The second-order valence-electron chi connectivity index (χ2n) is 12.0. The van der Waals surface area contributed by atoms with Gasteiger partial charge in [-0.05, 0) is 39.7 Å². The van der Waals surface area contributed by atoms with Gasteiger partial charge in [0.25, 0.3) is 0 Å². The number of nitrogens with zero attached hydrogens (tertiary/aromatic N) is 3. The highest BCUT2D eigenvalue weighted by atomic mass is 16.5. The number of aliphatic hydroxyl groups excluding tert-OH is 1. The molecule has 4 heterocycles. The molecule has 1 N–H and O–H groups in total. The molecule has 2 saturated heterocycles. The van der Waals surface area contributed by atoms with Crippen LogP contribution in [0.1, 0.15) is 46.6 Å². The molecule has 38 heavy (non-hydrogen) atoms. The number of carbonyl (C=O) groups excluding carboxylic acids is 3. The maximum Gasteiger partial charge on any atom is 0.249 e. The van der Waals surface area contributed by atoms with Gasteiger partial charge in [0.2, 0.25) is 17.7 Å². The zero-order chi connectivity index (χ0) is 27.5. The van der Waals surface area contributed by atoms with E-state index in [0.717, 1.165) is 5.56 Å². The minimum absolute atomic E-state index is 0.147. The lowest BCUT2D eigenvalue weighted by Gasteiger charge is -2.42. The van der Waals surface area contributed by atoms with Crippen molar-refractivity contribution in [1.29, 1.82) is 0 Å². The Morgan fingerprint density at radius 1 is 1.00 bits per heavy atom. The third kappa shape index (κ3) is 3.83. The highest BCUT2D eigenvalue weighted by Gasteiger charge is 2.75. The number of hydrogen-bond acceptors (Lipinski definition) is 5. The van der Waals surface area contributed by atoms with Crippen molar-refractivity contribution in [2.45, 2.75) is 76.4 Å². The van der Waals surface area contributed by atoms with Crippen molar-refractivity contribution in [2.75, 3.05) is 19.7 Å². The highest BCUT2D eigenvalue weighted by molar-refractivity contribution is 6.00. The molecule has 0 aromatic heterocycles. The Kier molecular flexibility index (Phi) is 6.55. The van der Waals surface area contributed by atoms with Crippen molar-refractivity contribution in [2.24, 2.45) is 11.8 Å². The summed E-state index contributed by atoms with van der Waals surface area (Å²) < 4.78 is 6.96. The van der Waals surface area contributed by atoms with E-state index in [1.165, 1.54) is 4.90 Å². The van der Waals surface area contributed by atoms with Crippen molar-refractivity contribution >= 4 is 17.7 Å². The molecule has 0 bridgehead atoms. The van der Waals surface area contributed by atoms with Gasteiger partial charge in [-0.25, -0.2) is 0 Å². The average Bonchev–Trinajstić information content (AvgIpc) is 3.18. The number of aliphatic hydroxyl groups is 1. The minimum atomic E-state index is -1.31. The van der Waals surface area contributed by atoms with E-state index in [4.69, 9.17) is 4.74 Å². The van der Waals surface area contributed by atoms with E-state index in [0.29, 0.717) is 26.1 Å². The van der Waals surface area contributed by atoms with Gasteiger partial charge in [0.05, 0.1) is 30.1 Å². The van der Waals surface area contributed by atoms with Crippen LogP contribution in [-0.2, 0) is 25.7 Å². The second kappa shape index (κ2) is 9.35. The first-order chi connectivity index (χ1) is 18.0. The van der Waals surface area contributed by atoms with Crippen LogP contribution in [0.25, 0.3) is 0 Å². The number of ether oxygens (including phenoxy) is 1. The van der Waals surface area contributed by atoms with E-state index >= 15 is 0 Å². The number of carbonyl (C=O) groups is 3. The van der Waals surface area contributed by atoms with Crippen molar-refractivity contribution in [3.63, 3.8) is 0 Å². The molecule has 2 fully saturated rings. The molecule has 8 heteroatoms. The van der Waals surface area contributed by atoms with Gasteiger partial charge in [-0.1, -0.05) is 61.6 Å². The highest BCUT2D eigenvalue weighted by Crippen LogP contribution is 2.59. The average molecular weight is 522 g/mol. The number of rotatable bonds is 5. The first-order valence-corrected chi connectivity index (χ1v) is 13.6. The molecule has 6 atom stereocenters. The Hall–Kier alpha value is -2.97. The minimum Gasteiger partial charge on any atom is -0.394 e. The third-order valence-electron chi connectivity index (χ3n) is 8.73.